The molecular formula is C19H20Cl2N6O4. The number of carbonyl (C=O) groups excluding carboxylic acids is 1. The molecule has 2 heterocycles. The molecule has 3 rings (SSSR count). The fourth-order valence-electron chi connectivity index (χ4n) is 3.04. The van der Waals surface area contributed by atoms with Gasteiger partial charge in [-0.25, -0.2) is 0 Å². The second-order valence-corrected chi connectivity index (χ2v) is 7.62. The van der Waals surface area contributed by atoms with Gasteiger partial charge in [-0.3, -0.25) is 24.3 Å². The number of benzene rings is 1. The Bertz CT molecular complexity index is 1140. The molecule has 0 saturated carbocycles. The zero-order valence-corrected chi connectivity index (χ0v) is 18.6. The molecule has 2 aromatic heterocycles. The van der Waals surface area contributed by atoms with Crippen LogP contribution in [0.25, 0.3) is 0 Å². The van der Waals surface area contributed by atoms with Crippen molar-refractivity contribution in [3.8, 4) is 5.88 Å². The second-order valence-electron chi connectivity index (χ2n) is 6.78. The van der Waals surface area contributed by atoms with Gasteiger partial charge in [-0.1, -0.05) is 29.3 Å². The standard InChI is InChI=1S/C19H20Cl2N6O4/c1-11-18(12(2)26(23-11)9-13-4-5-14(20)8-15(13)21)22-17(28)6-7-25-10-16(27(29)30)19(24-25)31-3/h4-5,8,10H,6-7,9H2,1-3H3,(H,22,28). The minimum Gasteiger partial charge on any atom is -0.475 e. The van der Waals surface area contributed by atoms with Crippen LogP contribution >= 0.6 is 23.2 Å². The van der Waals surface area contributed by atoms with Crippen molar-refractivity contribution in [2.45, 2.75) is 33.4 Å². The van der Waals surface area contributed by atoms with E-state index in [0.717, 1.165) is 11.3 Å². The zero-order valence-electron chi connectivity index (χ0n) is 17.1. The summed E-state index contributed by atoms with van der Waals surface area (Å²) in [5.74, 6) is -0.369. The lowest BCUT2D eigenvalue weighted by atomic mass is 10.2. The number of ether oxygens (including phenoxy) is 1. The van der Waals surface area contributed by atoms with E-state index >= 15 is 0 Å². The van der Waals surface area contributed by atoms with Crippen molar-refractivity contribution in [1.29, 1.82) is 0 Å². The third kappa shape index (κ3) is 5.15. The van der Waals surface area contributed by atoms with E-state index in [-0.39, 0.29) is 30.4 Å². The van der Waals surface area contributed by atoms with Crippen molar-refractivity contribution in [2.75, 3.05) is 12.4 Å². The molecule has 0 saturated heterocycles. The van der Waals surface area contributed by atoms with Gasteiger partial charge in [0, 0.05) is 16.5 Å². The summed E-state index contributed by atoms with van der Waals surface area (Å²) in [7, 11) is 1.30. The van der Waals surface area contributed by atoms with E-state index in [9.17, 15) is 14.9 Å². The number of amides is 1. The number of hydrogen-bond acceptors (Lipinski definition) is 6. The third-order valence-electron chi connectivity index (χ3n) is 4.65. The Morgan fingerprint density at radius 2 is 2.03 bits per heavy atom. The molecule has 10 nitrogen and oxygen atoms in total. The molecule has 0 atom stereocenters. The summed E-state index contributed by atoms with van der Waals surface area (Å²) < 4.78 is 7.95. The Morgan fingerprint density at radius 3 is 2.65 bits per heavy atom. The van der Waals surface area contributed by atoms with Crippen LogP contribution in [-0.2, 0) is 17.9 Å². The van der Waals surface area contributed by atoms with Crippen molar-refractivity contribution in [1.82, 2.24) is 19.6 Å². The molecule has 0 aliphatic carbocycles. The second kappa shape index (κ2) is 9.36. The van der Waals surface area contributed by atoms with Crippen molar-refractivity contribution in [2.24, 2.45) is 0 Å². The summed E-state index contributed by atoms with van der Waals surface area (Å²) in [5, 5.41) is 23.4. The number of aromatic nitrogens is 4. The van der Waals surface area contributed by atoms with Gasteiger partial charge in [-0.15, -0.1) is 5.10 Å². The number of hydrogen-bond donors (Lipinski definition) is 1. The molecule has 0 radical (unpaired) electrons. The van der Waals surface area contributed by atoms with E-state index in [1.807, 2.05) is 13.0 Å². The molecule has 0 aliphatic rings. The smallest absolute Gasteiger partial charge is 0.350 e. The Morgan fingerprint density at radius 1 is 1.29 bits per heavy atom. The highest BCUT2D eigenvalue weighted by molar-refractivity contribution is 6.35. The van der Waals surface area contributed by atoms with E-state index in [1.54, 1.807) is 23.7 Å². The zero-order chi connectivity index (χ0) is 22.7. The number of nitrogens with one attached hydrogen (secondary N) is 1. The van der Waals surface area contributed by atoms with Crippen LogP contribution in [0.3, 0.4) is 0 Å². The van der Waals surface area contributed by atoms with Gasteiger partial charge in [0.25, 0.3) is 0 Å². The largest absolute Gasteiger partial charge is 0.475 e. The van der Waals surface area contributed by atoms with Gasteiger partial charge in [0.1, 0.15) is 6.20 Å². The number of aryl methyl sites for hydroxylation is 2. The average molecular weight is 467 g/mol. The molecule has 0 aliphatic heterocycles. The molecule has 1 aromatic carbocycles. The molecule has 0 spiro atoms. The first kappa shape index (κ1) is 22.6. The van der Waals surface area contributed by atoms with E-state index in [1.165, 1.54) is 18.0 Å². The summed E-state index contributed by atoms with van der Waals surface area (Å²) in [5.41, 5.74) is 2.64. The third-order valence-corrected chi connectivity index (χ3v) is 5.24. The van der Waals surface area contributed by atoms with Gasteiger partial charge in [0.05, 0.1) is 42.2 Å². The van der Waals surface area contributed by atoms with Crippen LogP contribution in [0.4, 0.5) is 11.4 Å². The Balaban J connectivity index is 1.67. The first-order chi connectivity index (χ1) is 14.7. The minimum atomic E-state index is -0.587. The normalized spacial score (nSPS) is 10.9. The monoisotopic (exact) mass is 466 g/mol. The predicted molar refractivity (Wildman–Crippen MR) is 116 cm³/mol. The molecule has 1 amide bonds. The van der Waals surface area contributed by atoms with Crippen LogP contribution < -0.4 is 10.1 Å². The van der Waals surface area contributed by atoms with Gasteiger partial charge in [-0.05, 0) is 31.5 Å². The van der Waals surface area contributed by atoms with Crippen molar-refractivity contribution in [3.05, 3.63) is 61.5 Å². The molecule has 31 heavy (non-hydrogen) atoms. The number of rotatable bonds is 8. The number of carbonyl (C=O) groups is 1. The predicted octanol–water partition coefficient (Wildman–Crippen LogP) is 4.00. The minimum absolute atomic E-state index is 0.0645. The van der Waals surface area contributed by atoms with Crippen LogP contribution in [-0.4, -0.2) is 37.5 Å². The van der Waals surface area contributed by atoms with E-state index in [2.05, 4.69) is 15.5 Å². The number of methoxy groups -OCH3 is 1. The van der Waals surface area contributed by atoms with Crippen molar-refractivity contribution < 1.29 is 14.5 Å². The number of halogens is 2. The molecule has 1 N–H and O–H groups in total. The molecular weight excluding hydrogens is 447 g/mol. The van der Waals surface area contributed by atoms with Gasteiger partial charge >= 0.3 is 11.6 Å². The van der Waals surface area contributed by atoms with Crippen LogP contribution in [0.15, 0.2) is 24.4 Å². The van der Waals surface area contributed by atoms with E-state index < -0.39 is 4.92 Å². The van der Waals surface area contributed by atoms with Gasteiger partial charge in [-0.2, -0.15) is 5.10 Å². The lowest BCUT2D eigenvalue weighted by molar-refractivity contribution is -0.385. The first-order valence-corrected chi connectivity index (χ1v) is 9.98. The Kier molecular flexibility index (Phi) is 6.81. The van der Waals surface area contributed by atoms with Crippen LogP contribution in [0.5, 0.6) is 5.88 Å². The quantitative estimate of drug-likeness (QED) is 0.395. The summed E-state index contributed by atoms with van der Waals surface area (Å²) in [6.07, 6.45) is 1.30. The molecule has 12 heteroatoms. The van der Waals surface area contributed by atoms with Crippen LogP contribution in [0.2, 0.25) is 10.0 Å². The molecule has 0 fully saturated rings. The average Bonchev–Trinajstić information content (AvgIpc) is 3.25. The van der Waals surface area contributed by atoms with Crippen LogP contribution in [0, 0.1) is 24.0 Å². The van der Waals surface area contributed by atoms with E-state index in [4.69, 9.17) is 27.9 Å². The lowest BCUT2D eigenvalue weighted by Crippen LogP contribution is -2.16. The van der Waals surface area contributed by atoms with Gasteiger partial charge in [0.15, 0.2) is 0 Å². The molecule has 0 unspecified atom stereocenters. The van der Waals surface area contributed by atoms with Crippen molar-refractivity contribution in [3.63, 3.8) is 0 Å². The van der Waals surface area contributed by atoms with Gasteiger partial charge in [0.2, 0.25) is 5.91 Å². The van der Waals surface area contributed by atoms with Crippen molar-refractivity contribution >= 4 is 40.5 Å². The molecule has 0 bridgehead atoms. The molecule has 164 valence electrons. The summed E-state index contributed by atoms with van der Waals surface area (Å²) in [6, 6.07) is 5.25. The Hall–Kier alpha value is -3.11. The number of nitro groups is 1. The SMILES string of the molecule is COc1nn(CCC(=O)Nc2c(C)nn(Cc3ccc(Cl)cc3Cl)c2C)cc1[N+](=O)[O-]. The maximum absolute atomic E-state index is 12.5. The highest BCUT2D eigenvalue weighted by Gasteiger charge is 2.21. The summed E-state index contributed by atoms with van der Waals surface area (Å²) >= 11 is 12.2. The fraction of sp³-hybridized carbons (Fsp3) is 0.316. The topological polar surface area (TPSA) is 117 Å². The lowest BCUT2D eigenvalue weighted by Gasteiger charge is -2.09. The van der Waals surface area contributed by atoms with E-state index in [0.29, 0.717) is 28.0 Å². The Labute approximate surface area is 187 Å². The summed E-state index contributed by atoms with van der Waals surface area (Å²) in [4.78, 5) is 22.9. The maximum atomic E-state index is 12.5. The number of anilines is 1. The first-order valence-electron chi connectivity index (χ1n) is 9.23. The maximum Gasteiger partial charge on any atom is 0.350 e. The summed E-state index contributed by atoms with van der Waals surface area (Å²) in [6.45, 7) is 4.23. The highest BCUT2D eigenvalue weighted by atomic mass is 35.5. The highest BCUT2D eigenvalue weighted by Crippen LogP contribution is 2.26. The fourth-order valence-corrected chi connectivity index (χ4v) is 3.51. The van der Waals surface area contributed by atoms with Crippen LogP contribution in [0.1, 0.15) is 23.4 Å². The van der Waals surface area contributed by atoms with Gasteiger partial charge < -0.3 is 10.1 Å². The molecule has 3 aromatic rings. The number of nitrogens with zero attached hydrogens (tertiary/aromatic N) is 5.